The van der Waals surface area contributed by atoms with Gasteiger partial charge >= 0.3 is 0 Å². The molecule has 0 bridgehead atoms. The van der Waals surface area contributed by atoms with Crippen molar-refractivity contribution in [1.82, 2.24) is 10.2 Å². The summed E-state index contributed by atoms with van der Waals surface area (Å²) in [6.45, 7) is 0.540. The van der Waals surface area contributed by atoms with Crippen molar-refractivity contribution in [3.05, 3.63) is 52.2 Å². The molecule has 2 heterocycles. The van der Waals surface area contributed by atoms with Gasteiger partial charge in [0.15, 0.2) is 0 Å². The van der Waals surface area contributed by atoms with Gasteiger partial charge in [-0.05, 0) is 17.5 Å². The Hall–Kier alpha value is -2.34. The van der Waals surface area contributed by atoms with E-state index in [4.69, 9.17) is 4.74 Å². The molecule has 1 aromatic heterocycles. The monoisotopic (exact) mass is 316 g/mol. The zero-order valence-electron chi connectivity index (χ0n) is 12.1. The molecule has 0 saturated carbocycles. The van der Waals surface area contributed by atoms with Gasteiger partial charge in [-0.25, -0.2) is 0 Å². The van der Waals surface area contributed by atoms with Crippen LogP contribution in [0.15, 0.2) is 41.8 Å². The van der Waals surface area contributed by atoms with Crippen LogP contribution in [0.4, 0.5) is 0 Å². The quantitative estimate of drug-likeness (QED) is 0.938. The van der Waals surface area contributed by atoms with E-state index in [2.05, 4.69) is 5.32 Å². The smallest absolute Gasteiger partial charge is 0.250 e. The molecule has 1 N–H and O–H groups in total. The molecule has 1 aliphatic heterocycles. The fourth-order valence-electron chi connectivity index (χ4n) is 2.54. The molecule has 6 heteroatoms. The highest BCUT2D eigenvalue weighted by molar-refractivity contribution is 7.09. The Bertz CT molecular complexity index is 684. The van der Waals surface area contributed by atoms with E-state index in [1.807, 2.05) is 29.6 Å². The fraction of sp³-hybridized carbons (Fsp3) is 0.250. The average Bonchev–Trinajstić information content (AvgIpc) is 3.03. The number of methoxy groups -OCH3 is 1. The molecule has 0 radical (unpaired) electrons. The van der Waals surface area contributed by atoms with Gasteiger partial charge in [0, 0.05) is 10.4 Å². The van der Waals surface area contributed by atoms with Crippen molar-refractivity contribution in [2.75, 3.05) is 13.7 Å². The van der Waals surface area contributed by atoms with E-state index >= 15 is 0 Å². The van der Waals surface area contributed by atoms with Gasteiger partial charge < -0.3 is 15.0 Å². The van der Waals surface area contributed by atoms with E-state index < -0.39 is 6.04 Å². The highest BCUT2D eigenvalue weighted by Gasteiger charge is 2.35. The number of para-hydroxylation sites is 1. The van der Waals surface area contributed by atoms with Gasteiger partial charge in [-0.3, -0.25) is 9.59 Å². The summed E-state index contributed by atoms with van der Waals surface area (Å²) in [5.74, 6) is 0.323. The van der Waals surface area contributed by atoms with Crippen LogP contribution in [-0.2, 0) is 16.1 Å². The van der Waals surface area contributed by atoms with Crippen molar-refractivity contribution in [1.29, 1.82) is 0 Å². The molecule has 1 aliphatic rings. The van der Waals surface area contributed by atoms with Crippen LogP contribution < -0.4 is 10.1 Å². The fourth-order valence-corrected chi connectivity index (χ4v) is 3.26. The standard InChI is InChI=1S/C16H16N2O3S/c1-21-13-7-3-2-6-12(13)15-16(20)18(10-14(19)17-15)9-11-5-4-8-22-11/h2-8,15H,9-10H2,1H3,(H,17,19). The van der Waals surface area contributed by atoms with Crippen LogP contribution >= 0.6 is 11.3 Å². The predicted octanol–water partition coefficient (Wildman–Crippen LogP) is 1.96. The van der Waals surface area contributed by atoms with Gasteiger partial charge in [0.1, 0.15) is 18.3 Å². The van der Waals surface area contributed by atoms with Gasteiger partial charge in [-0.15, -0.1) is 11.3 Å². The lowest BCUT2D eigenvalue weighted by molar-refractivity contribution is -0.145. The molecular weight excluding hydrogens is 300 g/mol. The van der Waals surface area contributed by atoms with Gasteiger partial charge in [-0.1, -0.05) is 24.3 Å². The van der Waals surface area contributed by atoms with E-state index in [9.17, 15) is 9.59 Å². The second-order valence-corrected chi connectivity index (χ2v) is 6.05. The molecule has 0 spiro atoms. The molecule has 1 fully saturated rings. The molecule has 2 amide bonds. The van der Waals surface area contributed by atoms with E-state index in [-0.39, 0.29) is 18.4 Å². The first-order chi connectivity index (χ1) is 10.7. The van der Waals surface area contributed by atoms with Gasteiger partial charge in [0.25, 0.3) is 5.91 Å². The third-order valence-electron chi connectivity index (χ3n) is 3.58. The third kappa shape index (κ3) is 2.82. The number of hydrogen-bond acceptors (Lipinski definition) is 4. The number of nitrogens with one attached hydrogen (secondary N) is 1. The minimum Gasteiger partial charge on any atom is -0.496 e. The van der Waals surface area contributed by atoms with Gasteiger partial charge in [-0.2, -0.15) is 0 Å². The Kier molecular flexibility index (Phi) is 4.11. The summed E-state index contributed by atoms with van der Waals surface area (Å²) in [6.07, 6.45) is 0. The molecule has 0 aliphatic carbocycles. The molecule has 5 nitrogen and oxygen atoms in total. The molecule has 1 atom stereocenters. The Balaban J connectivity index is 1.88. The van der Waals surface area contributed by atoms with E-state index in [1.54, 1.807) is 35.5 Å². The zero-order chi connectivity index (χ0) is 15.5. The number of amides is 2. The highest BCUT2D eigenvalue weighted by Crippen LogP contribution is 2.28. The van der Waals surface area contributed by atoms with Crippen LogP contribution in [0.25, 0.3) is 0 Å². The van der Waals surface area contributed by atoms with Crippen LogP contribution in [0.5, 0.6) is 5.75 Å². The number of hydrogen-bond donors (Lipinski definition) is 1. The SMILES string of the molecule is COc1ccccc1C1NC(=O)CN(Cc2cccs2)C1=O. The maximum absolute atomic E-state index is 12.7. The Labute approximate surface area is 132 Å². The largest absolute Gasteiger partial charge is 0.496 e. The van der Waals surface area contributed by atoms with Crippen LogP contribution in [-0.4, -0.2) is 30.4 Å². The molecule has 2 aromatic rings. The van der Waals surface area contributed by atoms with Crippen molar-refractivity contribution in [2.24, 2.45) is 0 Å². The minimum absolute atomic E-state index is 0.0857. The first kappa shape index (κ1) is 14.6. The Morgan fingerprint density at radius 3 is 2.82 bits per heavy atom. The summed E-state index contributed by atoms with van der Waals surface area (Å²) in [5.41, 5.74) is 0.680. The number of piperazine rings is 1. The summed E-state index contributed by atoms with van der Waals surface area (Å²) in [5, 5.41) is 4.72. The topological polar surface area (TPSA) is 58.6 Å². The molecule has 114 valence electrons. The second-order valence-electron chi connectivity index (χ2n) is 5.02. The summed E-state index contributed by atoms with van der Waals surface area (Å²) in [7, 11) is 1.55. The second kappa shape index (κ2) is 6.19. The Morgan fingerprint density at radius 1 is 1.27 bits per heavy atom. The summed E-state index contributed by atoms with van der Waals surface area (Å²) in [6, 6.07) is 10.5. The predicted molar refractivity (Wildman–Crippen MR) is 83.6 cm³/mol. The van der Waals surface area contributed by atoms with Crippen molar-refractivity contribution < 1.29 is 14.3 Å². The van der Waals surface area contributed by atoms with Crippen molar-refractivity contribution in [2.45, 2.75) is 12.6 Å². The number of rotatable bonds is 4. The summed E-state index contributed by atoms with van der Waals surface area (Å²) < 4.78 is 5.30. The summed E-state index contributed by atoms with van der Waals surface area (Å²) >= 11 is 1.57. The number of benzene rings is 1. The van der Waals surface area contributed by atoms with Crippen molar-refractivity contribution in [3.63, 3.8) is 0 Å². The van der Waals surface area contributed by atoms with Crippen LogP contribution in [0.3, 0.4) is 0 Å². The Morgan fingerprint density at radius 2 is 2.09 bits per heavy atom. The number of carbonyl (C=O) groups is 2. The van der Waals surface area contributed by atoms with Gasteiger partial charge in [0.2, 0.25) is 5.91 Å². The number of carbonyl (C=O) groups excluding carboxylic acids is 2. The van der Waals surface area contributed by atoms with E-state index in [1.165, 1.54) is 0 Å². The first-order valence-corrected chi connectivity index (χ1v) is 7.80. The maximum atomic E-state index is 12.7. The molecule has 1 unspecified atom stereocenters. The normalized spacial score (nSPS) is 18.2. The summed E-state index contributed by atoms with van der Waals surface area (Å²) in [4.78, 5) is 27.4. The van der Waals surface area contributed by atoms with Crippen molar-refractivity contribution in [3.8, 4) is 5.75 Å². The highest BCUT2D eigenvalue weighted by atomic mass is 32.1. The maximum Gasteiger partial charge on any atom is 0.250 e. The third-order valence-corrected chi connectivity index (χ3v) is 4.44. The number of thiophene rings is 1. The molecule has 1 saturated heterocycles. The molecule has 22 heavy (non-hydrogen) atoms. The van der Waals surface area contributed by atoms with Crippen LogP contribution in [0.1, 0.15) is 16.5 Å². The average molecular weight is 316 g/mol. The van der Waals surface area contributed by atoms with E-state index in [0.717, 1.165) is 4.88 Å². The zero-order valence-corrected chi connectivity index (χ0v) is 12.9. The minimum atomic E-state index is -0.697. The molecular formula is C16H16N2O3S. The number of nitrogens with zero attached hydrogens (tertiary/aromatic N) is 1. The number of ether oxygens (including phenoxy) is 1. The first-order valence-electron chi connectivity index (χ1n) is 6.92. The van der Waals surface area contributed by atoms with Crippen molar-refractivity contribution >= 4 is 23.2 Å². The van der Waals surface area contributed by atoms with Crippen LogP contribution in [0, 0.1) is 0 Å². The molecule has 1 aromatic carbocycles. The van der Waals surface area contributed by atoms with Crippen LogP contribution in [0.2, 0.25) is 0 Å². The lowest BCUT2D eigenvalue weighted by Crippen LogP contribution is -2.52. The lowest BCUT2D eigenvalue weighted by atomic mass is 10.0. The van der Waals surface area contributed by atoms with E-state index in [0.29, 0.717) is 17.9 Å². The lowest BCUT2D eigenvalue weighted by Gasteiger charge is -2.33. The van der Waals surface area contributed by atoms with Gasteiger partial charge in [0.05, 0.1) is 13.7 Å². The molecule has 3 rings (SSSR count).